The Balaban J connectivity index is 0.000000520. The molecule has 262 valence electrons. The van der Waals surface area contributed by atoms with Crippen LogP contribution in [0.25, 0.3) is 10.9 Å². The van der Waals surface area contributed by atoms with E-state index in [2.05, 4.69) is 52.9 Å². The van der Waals surface area contributed by atoms with Crippen molar-refractivity contribution in [2.45, 2.75) is 26.2 Å². The first-order chi connectivity index (χ1) is 23.5. The number of amides is 4. The molecule has 49 heavy (non-hydrogen) atoms. The molecule has 4 amide bonds. The van der Waals surface area contributed by atoms with Gasteiger partial charge in [0, 0.05) is 55.3 Å². The number of nitrogens with zero attached hydrogens (tertiary/aromatic N) is 2. The lowest BCUT2D eigenvalue weighted by Gasteiger charge is -2.39. The predicted molar refractivity (Wildman–Crippen MR) is 190 cm³/mol. The van der Waals surface area contributed by atoms with Gasteiger partial charge in [0.1, 0.15) is 0 Å². The summed E-state index contributed by atoms with van der Waals surface area (Å²) < 4.78 is 4.87. The van der Waals surface area contributed by atoms with Crippen molar-refractivity contribution in [2.24, 2.45) is 29.2 Å². The fraction of sp³-hybridized carbons (Fsp3) is 0.389. The molecule has 2 aromatic carbocycles. The van der Waals surface area contributed by atoms with Gasteiger partial charge in [0.2, 0.25) is 17.7 Å². The third-order valence-electron chi connectivity index (χ3n) is 8.92. The molecule has 3 atom stereocenters. The molecule has 2 aliphatic rings. The number of carbonyl (C=O) groups excluding carboxylic acids is 4. The molecule has 0 radical (unpaired) electrons. The van der Waals surface area contributed by atoms with E-state index in [1.807, 2.05) is 6.07 Å². The zero-order valence-corrected chi connectivity index (χ0v) is 29.0. The van der Waals surface area contributed by atoms with Gasteiger partial charge in [-0.3, -0.25) is 19.2 Å². The van der Waals surface area contributed by atoms with Crippen molar-refractivity contribution in [1.82, 2.24) is 25.4 Å². The van der Waals surface area contributed by atoms with E-state index in [4.69, 9.17) is 27.8 Å². The number of likely N-dealkylation sites (tertiary alicyclic amines) is 2. The number of hydrogen-bond acceptors (Lipinski definition) is 7. The van der Waals surface area contributed by atoms with Crippen LogP contribution in [0.15, 0.2) is 78.5 Å². The van der Waals surface area contributed by atoms with Gasteiger partial charge in [-0.05, 0) is 53.7 Å². The molecule has 2 fully saturated rings. The van der Waals surface area contributed by atoms with Gasteiger partial charge < -0.3 is 41.6 Å². The molecule has 1 aromatic heterocycles. The number of ether oxygens (including phenoxy) is 1. The van der Waals surface area contributed by atoms with E-state index in [1.54, 1.807) is 28.1 Å². The summed E-state index contributed by atoms with van der Waals surface area (Å²) in [4.78, 5) is 58.0. The minimum absolute atomic E-state index is 0.0216. The fourth-order valence-corrected chi connectivity index (χ4v) is 6.49. The molecule has 7 N–H and O–H groups in total. The van der Waals surface area contributed by atoms with E-state index in [0.29, 0.717) is 24.7 Å². The highest BCUT2D eigenvalue weighted by atomic mass is 35.5. The highest BCUT2D eigenvalue weighted by molar-refractivity contribution is 6.31. The maximum Gasteiger partial charge on any atom is 0.269 e. The van der Waals surface area contributed by atoms with Crippen LogP contribution in [0.3, 0.4) is 0 Å². The normalized spacial score (nSPS) is 19.1. The van der Waals surface area contributed by atoms with Gasteiger partial charge in [0.25, 0.3) is 5.91 Å². The Morgan fingerprint density at radius 3 is 2.45 bits per heavy atom. The van der Waals surface area contributed by atoms with Gasteiger partial charge in [-0.15, -0.1) is 0 Å². The summed E-state index contributed by atoms with van der Waals surface area (Å²) in [5, 5.41) is 6.64. The maximum absolute atomic E-state index is 13.5. The van der Waals surface area contributed by atoms with Crippen LogP contribution in [0.4, 0.5) is 0 Å². The van der Waals surface area contributed by atoms with Crippen LogP contribution < -0.4 is 22.1 Å². The van der Waals surface area contributed by atoms with Crippen LogP contribution in [0.2, 0.25) is 5.02 Å². The highest BCUT2D eigenvalue weighted by Gasteiger charge is 2.47. The topological polar surface area (TPSA) is 176 Å². The minimum Gasteiger partial charge on any atom is -0.483 e. The van der Waals surface area contributed by atoms with Crippen molar-refractivity contribution in [2.75, 3.05) is 46.9 Å². The summed E-state index contributed by atoms with van der Waals surface area (Å²) in [5.41, 5.74) is 14.7. The summed E-state index contributed by atoms with van der Waals surface area (Å²) in [6.45, 7) is 3.21. The summed E-state index contributed by atoms with van der Waals surface area (Å²) >= 11 is 6.09. The molecule has 0 aliphatic carbocycles. The number of hydrogen-bond donors (Lipinski definition) is 5. The lowest BCUT2D eigenvalue weighted by molar-refractivity contribution is -0.139. The summed E-state index contributed by atoms with van der Waals surface area (Å²) in [6.07, 6.45) is 7.14. The Morgan fingerprint density at radius 1 is 1.02 bits per heavy atom. The number of rotatable bonds is 10. The fourth-order valence-electron chi connectivity index (χ4n) is 6.32. The molecule has 0 saturated carbocycles. The van der Waals surface area contributed by atoms with Crippen molar-refractivity contribution in [1.29, 1.82) is 0 Å². The Bertz CT molecular complexity index is 1690. The summed E-state index contributed by atoms with van der Waals surface area (Å²) in [5.74, 6) is -2.07. The number of H-pyrrole nitrogens is 1. The van der Waals surface area contributed by atoms with Crippen LogP contribution in [-0.2, 0) is 36.8 Å². The summed E-state index contributed by atoms with van der Waals surface area (Å²) in [7, 11) is 2.89. The number of benzene rings is 2. The van der Waals surface area contributed by atoms with E-state index in [0.717, 1.165) is 16.5 Å². The first kappa shape index (κ1) is 36.9. The molecule has 13 heteroatoms. The number of nitrogens with one attached hydrogen (secondary N) is 3. The van der Waals surface area contributed by atoms with Crippen LogP contribution in [-0.4, -0.2) is 85.3 Å². The number of nitrogens with two attached hydrogens (primary N) is 2. The van der Waals surface area contributed by atoms with Gasteiger partial charge >= 0.3 is 0 Å². The number of allylic oxidation sites excluding steroid dienone is 2. The number of aryl methyl sites for hydroxylation is 1. The number of methoxy groups -OCH3 is 1. The molecule has 12 nitrogen and oxygen atoms in total. The largest absolute Gasteiger partial charge is 0.483 e. The standard InChI is InChI=1S/C27H34ClN7O5.C9H12/c1-31-24(36)10-33-26(38)20-14-34(25(37)7-15-9-32-22-8-17(28)3-4-18(15)22)11-16-12-35(13-19(16)20)27(39)21(29)5-6-23(30)40-2;1-2-6-9-7-4-3-5-8-9/h3-6,8-9,16,19-20,32H,7,10-14,29-30H2,1-2H3,(H,31,36)(H,33,38);3-5,7-8H,2,6H2,1H3/b21-5-,23-6+;. The van der Waals surface area contributed by atoms with E-state index in [-0.39, 0.29) is 60.6 Å². The van der Waals surface area contributed by atoms with Crippen LogP contribution in [0.1, 0.15) is 24.5 Å². The Labute approximate surface area is 291 Å². The van der Waals surface area contributed by atoms with E-state index >= 15 is 0 Å². The van der Waals surface area contributed by atoms with E-state index in [1.165, 1.54) is 44.7 Å². The zero-order valence-electron chi connectivity index (χ0n) is 28.2. The predicted octanol–water partition coefficient (Wildman–Crippen LogP) is 2.69. The van der Waals surface area contributed by atoms with Crippen molar-refractivity contribution in [3.05, 3.63) is 94.6 Å². The second-order valence-electron chi connectivity index (χ2n) is 12.2. The van der Waals surface area contributed by atoms with Gasteiger partial charge in [-0.1, -0.05) is 61.3 Å². The maximum atomic E-state index is 13.5. The average Bonchev–Trinajstić information content (AvgIpc) is 3.73. The smallest absolute Gasteiger partial charge is 0.269 e. The number of fused-ring (bicyclic) bond motifs is 2. The molecular formula is C36H46ClN7O5. The number of piperidine rings is 1. The van der Waals surface area contributed by atoms with E-state index in [9.17, 15) is 19.2 Å². The molecule has 0 spiro atoms. The van der Waals surface area contributed by atoms with Crippen LogP contribution in [0, 0.1) is 17.8 Å². The van der Waals surface area contributed by atoms with Crippen molar-refractivity contribution in [3.63, 3.8) is 0 Å². The Hall–Kier alpha value is -4.97. The Morgan fingerprint density at radius 2 is 1.76 bits per heavy atom. The van der Waals surface area contributed by atoms with Crippen molar-refractivity contribution < 1.29 is 23.9 Å². The molecule has 3 unspecified atom stereocenters. The molecule has 2 saturated heterocycles. The number of likely N-dealkylation sites (N-methyl/N-ethyl adjacent to an activating group) is 1. The van der Waals surface area contributed by atoms with Crippen molar-refractivity contribution in [3.8, 4) is 0 Å². The molecule has 5 rings (SSSR count). The number of carbonyl (C=O) groups is 4. The molecule has 0 bridgehead atoms. The Kier molecular flexibility index (Phi) is 13.1. The first-order valence-corrected chi connectivity index (χ1v) is 16.7. The quantitative estimate of drug-likeness (QED) is 0.123. The zero-order chi connectivity index (χ0) is 35.5. The van der Waals surface area contributed by atoms with Gasteiger partial charge in [-0.2, -0.15) is 0 Å². The summed E-state index contributed by atoms with van der Waals surface area (Å²) in [6, 6.07) is 16.0. The first-order valence-electron chi connectivity index (χ1n) is 16.4. The number of aromatic nitrogens is 1. The number of aromatic amines is 1. The lowest BCUT2D eigenvalue weighted by Crippen LogP contribution is -2.54. The van der Waals surface area contributed by atoms with Gasteiger partial charge in [0.15, 0.2) is 5.88 Å². The minimum atomic E-state index is -0.610. The molecule has 3 heterocycles. The molecular weight excluding hydrogens is 646 g/mol. The SMILES string of the molecule is CCCc1ccccc1.CNC(=O)CNC(=O)C1CN(C(=O)Cc2c[nH]c3cc(Cl)ccc23)CC2CN(C(=O)/C(N)=C/C=C(\N)OC)CC21. The number of halogens is 1. The third-order valence-corrected chi connectivity index (χ3v) is 9.16. The average molecular weight is 692 g/mol. The van der Waals surface area contributed by atoms with Crippen LogP contribution >= 0.6 is 11.6 Å². The third kappa shape index (κ3) is 9.79. The molecule has 2 aliphatic heterocycles. The monoisotopic (exact) mass is 691 g/mol. The lowest BCUT2D eigenvalue weighted by atomic mass is 9.79. The highest BCUT2D eigenvalue weighted by Crippen LogP contribution is 2.36. The second-order valence-corrected chi connectivity index (χ2v) is 12.7. The van der Waals surface area contributed by atoms with Crippen LogP contribution in [0.5, 0.6) is 0 Å². The van der Waals surface area contributed by atoms with Gasteiger partial charge in [-0.25, -0.2) is 0 Å². The van der Waals surface area contributed by atoms with Gasteiger partial charge in [0.05, 0.1) is 31.7 Å². The van der Waals surface area contributed by atoms with Crippen molar-refractivity contribution >= 4 is 46.1 Å². The second kappa shape index (κ2) is 17.4. The van der Waals surface area contributed by atoms with E-state index < -0.39 is 11.8 Å². The molecule has 3 aromatic rings.